The molecule has 0 atom stereocenters. The maximum absolute atomic E-state index is 6.30. The van der Waals surface area contributed by atoms with Gasteiger partial charge >= 0.3 is 0 Å². The first-order valence-corrected chi connectivity index (χ1v) is 8.45. The van der Waals surface area contributed by atoms with Crippen molar-refractivity contribution in [2.75, 3.05) is 0 Å². The number of rotatable bonds is 7. The van der Waals surface area contributed by atoms with E-state index in [-0.39, 0.29) is 0 Å². The smallest absolute Gasteiger partial charge is 0.138 e. The quantitative estimate of drug-likeness (QED) is 0.478. The standard InChI is InChI=1S/C21H19ClN2O/c22-20-13-19(15-24-23-14-17-7-3-1-4-8-17)11-12-21(20)25-16-18-9-5-2-6-10-18/h1-13,15,23H,14,16H2. The Bertz CT molecular complexity index is 820. The molecule has 4 heteroatoms. The van der Waals surface area contributed by atoms with Crippen molar-refractivity contribution in [2.24, 2.45) is 5.10 Å². The molecule has 3 aromatic rings. The Balaban J connectivity index is 1.53. The molecule has 0 saturated carbocycles. The summed E-state index contributed by atoms with van der Waals surface area (Å²) in [7, 11) is 0. The van der Waals surface area contributed by atoms with E-state index in [2.05, 4.69) is 22.7 Å². The van der Waals surface area contributed by atoms with Crippen LogP contribution in [0.4, 0.5) is 0 Å². The van der Waals surface area contributed by atoms with Crippen LogP contribution in [-0.2, 0) is 13.2 Å². The maximum atomic E-state index is 6.30. The first-order valence-electron chi connectivity index (χ1n) is 8.07. The SMILES string of the molecule is Clc1cc(C=NNCc2ccccc2)ccc1OCc1ccccc1. The van der Waals surface area contributed by atoms with Crippen molar-refractivity contribution in [3.05, 3.63) is 101 Å². The molecule has 0 aliphatic heterocycles. The molecular weight excluding hydrogens is 332 g/mol. The Kier molecular flexibility index (Phi) is 6.07. The monoisotopic (exact) mass is 350 g/mol. The zero-order chi connectivity index (χ0) is 17.3. The van der Waals surface area contributed by atoms with Crippen molar-refractivity contribution < 1.29 is 4.74 Å². The van der Waals surface area contributed by atoms with Crippen molar-refractivity contribution >= 4 is 17.8 Å². The summed E-state index contributed by atoms with van der Waals surface area (Å²) in [5, 5.41) is 4.80. The number of nitrogens with zero attached hydrogens (tertiary/aromatic N) is 1. The van der Waals surface area contributed by atoms with Crippen LogP contribution in [0.3, 0.4) is 0 Å². The van der Waals surface area contributed by atoms with Gasteiger partial charge in [-0.3, -0.25) is 0 Å². The molecule has 0 bridgehead atoms. The average molecular weight is 351 g/mol. The molecule has 3 aromatic carbocycles. The van der Waals surface area contributed by atoms with E-state index < -0.39 is 0 Å². The molecule has 1 N–H and O–H groups in total. The van der Waals surface area contributed by atoms with Crippen LogP contribution in [0.2, 0.25) is 5.02 Å². The highest BCUT2D eigenvalue weighted by Gasteiger charge is 2.03. The van der Waals surface area contributed by atoms with Gasteiger partial charge in [-0.2, -0.15) is 5.10 Å². The second-order valence-electron chi connectivity index (χ2n) is 5.54. The van der Waals surface area contributed by atoms with Crippen LogP contribution in [0.5, 0.6) is 5.75 Å². The van der Waals surface area contributed by atoms with E-state index in [1.807, 2.05) is 66.7 Å². The fraction of sp³-hybridized carbons (Fsp3) is 0.0952. The minimum absolute atomic E-state index is 0.493. The average Bonchev–Trinajstić information content (AvgIpc) is 2.66. The molecule has 3 rings (SSSR count). The highest BCUT2D eigenvalue weighted by Crippen LogP contribution is 2.25. The minimum atomic E-state index is 0.493. The van der Waals surface area contributed by atoms with Gasteiger partial charge in [-0.25, -0.2) is 0 Å². The van der Waals surface area contributed by atoms with E-state index in [0.717, 1.165) is 11.1 Å². The third-order valence-corrected chi connectivity index (χ3v) is 3.92. The van der Waals surface area contributed by atoms with E-state index in [1.165, 1.54) is 5.56 Å². The minimum Gasteiger partial charge on any atom is -0.487 e. The molecule has 0 aliphatic rings. The largest absolute Gasteiger partial charge is 0.487 e. The molecular formula is C21H19ClN2O. The summed E-state index contributed by atoms with van der Waals surface area (Å²) < 4.78 is 5.77. The lowest BCUT2D eigenvalue weighted by Crippen LogP contribution is -2.05. The fourth-order valence-electron chi connectivity index (χ4n) is 2.30. The van der Waals surface area contributed by atoms with E-state index in [1.54, 1.807) is 6.21 Å². The predicted octanol–water partition coefficient (Wildman–Crippen LogP) is 5.04. The predicted molar refractivity (Wildman–Crippen MR) is 103 cm³/mol. The Morgan fingerprint density at radius 1 is 0.880 bits per heavy atom. The fourth-order valence-corrected chi connectivity index (χ4v) is 2.55. The van der Waals surface area contributed by atoms with Gasteiger partial charge in [0.05, 0.1) is 17.8 Å². The summed E-state index contributed by atoms with van der Waals surface area (Å²) >= 11 is 6.30. The number of hydrogen-bond acceptors (Lipinski definition) is 3. The molecule has 25 heavy (non-hydrogen) atoms. The van der Waals surface area contributed by atoms with Gasteiger partial charge in [0.25, 0.3) is 0 Å². The van der Waals surface area contributed by atoms with E-state index >= 15 is 0 Å². The normalized spacial score (nSPS) is 10.8. The zero-order valence-corrected chi connectivity index (χ0v) is 14.5. The van der Waals surface area contributed by atoms with E-state index in [0.29, 0.717) is 23.9 Å². The third kappa shape index (κ3) is 5.37. The van der Waals surface area contributed by atoms with Crippen molar-refractivity contribution in [3.63, 3.8) is 0 Å². The van der Waals surface area contributed by atoms with Crippen LogP contribution in [0.15, 0.2) is 84.0 Å². The highest BCUT2D eigenvalue weighted by atomic mass is 35.5. The summed E-state index contributed by atoms with van der Waals surface area (Å²) in [6.45, 7) is 1.18. The Morgan fingerprint density at radius 2 is 1.56 bits per heavy atom. The summed E-state index contributed by atoms with van der Waals surface area (Å²) in [6.07, 6.45) is 1.75. The lowest BCUT2D eigenvalue weighted by atomic mass is 10.2. The first kappa shape index (κ1) is 17.1. The summed E-state index contributed by atoms with van der Waals surface area (Å²) in [5.41, 5.74) is 6.23. The van der Waals surface area contributed by atoms with Crippen LogP contribution in [0, 0.1) is 0 Å². The molecule has 0 spiro atoms. The molecule has 0 fully saturated rings. The topological polar surface area (TPSA) is 33.6 Å². The van der Waals surface area contributed by atoms with Crippen molar-refractivity contribution in [1.82, 2.24) is 5.43 Å². The van der Waals surface area contributed by atoms with Crippen LogP contribution >= 0.6 is 11.6 Å². The van der Waals surface area contributed by atoms with Crippen molar-refractivity contribution in [1.29, 1.82) is 0 Å². The summed E-state index contributed by atoms with van der Waals surface area (Å²) in [5.74, 6) is 0.667. The van der Waals surface area contributed by atoms with Crippen LogP contribution in [0.1, 0.15) is 16.7 Å². The van der Waals surface area contributed by atoms with Gasteiger partial charge in [0.1, 0.15) is 12.4 Å². The Hall–Kier alpha value is -2.78. The molecule has 0 radical (unpaired) electrons. The molecule has 3 nitrogen and oxygen atoms in total. The van der Waals surface area contributed by atoms with E-state index in [9.17, 15) is 0 Å². The van der Waals surface area contributed by atoms with Crippen LogP contribution in [0.25, 0.3) is 0 Å². The maximum Gasteiger partial charge on any atom is 0.138 e. The number of benzene rings is 3. The van der Waals surface area contributed by atoms with Gasteiger partial charge in [-0.15, -0.1) is 0 Å². The van der Waals surface area contributed by atoms with Crippen LogP contribution < -0.4 is 10.2 Å². The lowest BCUT2D eigenvalue weighted by molar-refractivity contribution is 0.306. The van der Waals surface area contributed by atoms with Crippen molar-refractivity contribution in [2.45, 2.75) is 13.2 Å². The first-order chi connectivity index (χ1) is 12.3. The second-order valence-corrected chi connectivity index (χ2v) is 5.95. The zero-order valence-electron chi connectivity index (χ0n) is 13.7. The van der Waals surface area contributed by atoms with Gasteiger partial charge in [0, 0.05) is 0 Å². The van der Waals surface area contributed by atoms with Gasteiger partial charge in [0.2, 0.25) is 0 Å². The van der Waals surface area contributed by atoms with Gasteiger partial charge < -0.3 is 10.2 Å². The molecule has 126 valence electrons. The number of nitrogens with one attached hydrogen (secondary N) is 1. The number of hydrazone groups is 1. The molecule has 0 aromatic heterocycles. The second kappa shape index (κ2) is 8.90. The van der Waals surface area contributed by atoms with Gasteiger partial charge in [0.15, 0.2) is 0 Å². The molecule has 0 heterocycles. The number of ether oxygens (including phenoxy) is 1. The lowest BCUT2D eigenvalue weighted by Gasteiger charge is -2.08. The highest BCUT2D eigenvalue weighted by molar-refractivity contribution is 6.32. The van der Waals surface area contributed by atoms with Crippen molar-refractivity contribution in [3.8, 4) is 5.75 Å². The number of hydrogen-bond donors (Lipinski definition) is 1. The molecule has 0 aliphatic carbocycles. The summed E-state index contributed by atoms with van der Waals surface area (Å²) in [4.78, 5) is 0. The molecule has 0 saturated heterocycles. The van der Waals surface area contributed by atoms with E-state index in [4.69, 9.17) is 16.3 Å². The molecule has 0 unspecified atom stereocenters. The Morgan fingerprint density at radius 3 is 2.24 bits per heavy atom. The van der Waals surface area contributed by atoms with Gasteiger partial charge in [-0.05, 0) is 34.9 Å². The number of halogens is 1. The third-order valence-electron chi connectivity index (χ3n) is 3.62. The van der Waals surface area contributed by atoms with Crippen LogP contribution in [-0.4, -0.2) is 6.21 Å². The Labute approximate surface area is 152 Å². The summed E-state index contributed by atoms with van der Waals surface area (Å²) in [6, 6.07) is 25.8. The molecule has 0 amide bonds. The van der Waals surface area contributed by atoms with Gasteiger partial charge in [-0.1, -0.05) is 72.3 Å².